The monoisotopic (exact) mass is 438 g/mol. The Hall–Kier alpha value is -3.49. The van der Waals surface area contributed by atoms with E-state index in [1.165, 1.54) is 37.5 Å². The van der Waals surface area contributed by atoms with E-state index in [1.807, 2.05) is 0 Å². The molecule has 0 unspecified atom stereocenters. The third-order valence-corrected chi connectivity index (χ3v) is 3.54. The summed E-state index contributed by atoms with van der Waals surface area (Å²) in [5.41, 5.74) is -0.327. The van der Waals surface area contributed by atoms with Crippen LogP contribution >= 0.6 is 0 Å². The highest BCUT2D eigenvalue weighted by molar-refractivity contribution is 5.98. The zero-order valence-electron chi connectivity index (χ0n) is 17.3. The maximum Gasteiger partial charge on any atom is 0.573 e. The first-order valence-corrected chi connectivity index (χ1v) is 9.04. The van der Waals surface area contributed by atoms with Crippen LogP contribution in [0.25, 0.3) is 6.08 Å². The van der Waals surface area contributed by atoms with Crippen molar-refractivity contribution in [2.45, 2.75) is 32.7 Å². The number of hydrogen-bond donors (Lipinski definition) is 0. The Morgan fingerprint density at radius 1 is 0.935 bits per heavy atom. The van der Waals surface area contributed by atoms with Gasteiger partial charge >= 0.3 is 18.3 Å². The fraction of sp³-hybridized carbons (Fsp3) is 0.273. The van der Waals surface area contributed by atoms with E-state index in [4.69, 9.17) is 14.2 Å². The van der Waals surface area contributed by atoms with Crippen LogP contribution in [0.5, 0.6) is 17.2 Å². The SMILES string of the molecule is COC(=O)c1c(/C=C/C(=O)OC(C)(C)C)cccc1Oc1ccc(OC(F)(F)F)cc1. The molecule has 2 aromatic rings. The lowest BCUT2D eigenvalue weighted by molar-refractivity contribution is -0.274. The van der Waals surface area contributed by atoms with Crippen LogP contribution in [0.3, 0.4) is 0 Å². The molecular formula is C22H21F3O6. The van der Waals surface area contributed by atoms with Gasteiger partial charge in [-0.1, -0.05) is 12.1 Å². The molecule has 2 rings (SSSR count). The van der Waals surface area contributed by atoms with Crippen LogP contribution in [-0.4, -0.2) is 31.0 Å². The second-order valence-electron chi connectivity index (χ2n) is 7.20. The Labute approximate surface area is 177 Å². The second-order valence-corrected chi connectivity index (χ2v) is 7.20. The summed E-state index contributed by atoms with van der Waals surface area (Å²) in [7, 11) is 1.18. The zero-order chi connectivity index (χ0) is 23.2. The molecule has 0 aliphatic rings. The molecule has 0 amide bonds. The molecule has 0 bridgehead atoms. The lowest BCUT2D eigenvalue weighted by Gasteiger charge is -2.18. The second kappa shape index (κ2) is 9.55. The van der Waals surface area contributed by atoms with Gasteiger partial charge < -0.3 is 18.9 Å². The van der Waals surface area contributed by atoms with Gasteiger partial charge in [0.05, 0.1) is 7.11 Å². The normalized spacial score (nSPS) is 11.8. The highest BCUT2D eigenvalue weighted by Crippen LogP contribution is 2.31. The van der Waals surface area contributed by atoms with Gasteiger partial charge in [-0.3, -0.25) is 0 Å². The fourth-order valence-electron chi connectivity index (χ4n) is 2.42. The summed E-state index contributed by atoms with van der Waals surface area (Å²) in [4.78, 5) is 24.3. The molecule has 0 radical (unpaired) electrons. The molecule has 0 atom stereocenters. The number of rotatable bonds is 6. The number of alkyl halides is 3. The van der Waals surface area contributed by atoms with Gasteiger partial charge in [-0.05, 0) is 62.7 Å². The van der Waals surface area contributed by atoms with E-state index in [1.54, 1.807) is 32.9 Å². The summed E-state index contributed by atoms with van der Waals surface area (Å²) >= 11 is 0. The standard InChI is InChI=1S/C22H21F3O6/c1-21(2,3)31-18(26)13-8-14-6-5-7-17(19(14)20(27)28-4)29-15-9-11-16(12-10-15)30-22(23,24)25/h5-13H,1-4H3/b13-8+. The minimum atomic E-state index is -4.81. The largest absolute Gasteiger partial charge is 0.573 e. The predicted octanol–water partition coefficient (Wildman–Crippen LogP) is 5.52. The van der Waals surface area contributed by atoms with Gasteiger partial charge in [-0.25, -0.2) is 9.59 Å². The van der Waals surface area contributed by atoms with Crippen molar-refractivity contribution in [2.24, 2.45) is 0 Å². The lowest BCUT2D eigenvalue weighted by atomic mass is 10.1. The molecular weight excluding hydrogens is 417 g/mol. The minimum absolute atomic E-state index is 0.0282. The van der Waals surface area contributed by atoms with Crippen molar-refractivity contribution in [1.29, 1.82) is 0 Å². The maximum absolute atomic E-state index is 12.3. The summed E-state index contributed by atoms with van der Waals surface area (Å²) in [6, 6.07) is 9.30. The third kappa shape index (κ3) is 7.69. The van der Waals surface area contributed by atoms with Crippen LogP contribution in [0.15, 0.2) is 48.5 Å². The van der Waals surface area contributed by atoms with Gasteiger partial charge in [-0.15, -0.1) is 13.2 Å². The minimum Gasteiger partial charge on any atom is -0.465 e. The number of ether oxygens (including phenoxy) is 4. The van der Waals surface area contributed by atoms with Gasteiger partial charge in [0.1, 0.15) is 28.4 Å². The molecule has 0 saturated carbocycles. The molecule has 0 aromatic heterocycles. The van der Waals surface area contributed by atoms with Crippen LogP contribution < -0.4 is 9.47 Å². The Morgan fingerprint density at radius 3 is 2.10 bits per heavy atom. The van der Waals surface area contributed by atoms with Crippen LogP contribution in [0, 0.1) is 0 Å². The molecule has 0 aliphatic heterocycles. The molecule has 31 heavy (non-hydrogen) atoms. The smallest absolute Gasteiger partial charge is 0.465 e. The molecule has 0 N–H and O–H groups in total. The summed E-state index contributed by atoms with van der Waals surface area (Å²) in [6.07, 6.45) is -2.26. The maximum atomic E-state index is 12.3. The van der Waals surface area contributed by atoms with E-state index >= 15 is 0 Å². The number of benzene rings is 2. The van der Waals surface area contributed by atoms with Crippen molar-refractivity contribution >= 4 is 18.0 Å². The van der Waals surface area contributed by atoms with Gasteiger partial charge in [0.15, 0.2) is 0 Å². The Bertz CT molecular complexity index is 957. The Kier molecular flexibility index (Phi) is 7.32. The number of carbonyl (C=O) groups is 2. The van der Waals surface area contributed by atoms with Crippen LogP contribution in [0.4, 0.5) is 13.2 Å². The summed E-state index contributed by atoms with van der Waals surface area (Å²) < 4.78 is 56.3. The Morgan fingerprint density at radius 2 is 1.55 bits per heavy atom. The fourth-order valence-corrected chi connectivity index (χ4v) is 2.42. The summed E-state index contributed by atoms with van der Waals surface area (Å²) in [6.45, 7) is 5.16. The molecule has 0 saturated heterocycles. The molecule has 0 fully saturated rings. The predicted molar refractivity (Wildman–Crippen MR) is 106 cm³/mol. The number of halogens is 3. The van der Waals surface area contributed by atoms with Gasteiger partial charge in [0.2, 0.25) is 0 Å². The van der Waals surface area contributed by atoms with Crippen molar-refractivity contribution in [3.8, 4) is 17.2 Å². The first kappa shape index (κ1) is 23.8. The van der Waals surface area contributed by atoms with E-state index < -0.39 is 29.7 Å². The topological polar surface area (TPSA) is 71.1 Å². The van der Waals surface area contributed by atoms with E-state index in [9.17, 15) is 22.8 Å². The molecule has 2 aromatic carbocycles. The third-order valence-electron chi connectivity index (χ3n) is 3.54. The number of carbonyl (C=O) groups excluding carboxylic acids is 2. The van der Waals surface area contributed by atoms with E-state index in [0.717, 1.165) is 12.1 Å². The van der Waals surface area contributed by atoms with E-state index in [-0.39, 0.29) is 17.1 Å². The number of methoxy groups -OCH3 is 1. The van der Waals surface area contributed by atoms with Gasteiger partial charge in [0, 0.05) is 6.08 Å². The average molecular weight is 438 g/mol. The molecule has 0 aliphatic carbocycles. The lowest BCUT2D eigenvalue weighted by Crippen LogP contribution is -2.22. The number of hydrogen-bond acceptors (Lipinski definition) is 6. The van der Waals surface area contributed by atoms with Gasteiger partial charge in [-0.2, -0.15) is 0 Å². The van der Waals surface area contributed by atoms with Crippen LogP contribution in [0.2, 0.25) is 0 Å². The molecule has 0 spiro atoms. The highest BCUT2D eigenvalue weighted by atomic mass is 19.4. The zero-order valence-corrected chi connectivity index (χ0v) is 17.3. The van der Waals surface area contributed by atoms with Crippen molar-refractivity contribution in [2.75, 3.05) is 7.11 Å². The van der Waals surface area contributed by atoms with Crippen LogP contribution in [0.1, 0.15) is 36.7 Å². The molecule has 166 valence electrons. The Balaban J connectivity index is 2.30. The summed E-state index contributed by atoms with van der Waals surface area (Å²) in [5.74, 6) is -1.50. The number of esters is 2. The van der Waals surface area contributed by atoms with Crippen molar-refractivity contribution in [1.82, 2.24) is 0 Å². The van der Waals surface area contributed by atoms with Crippen molar-refractivity contribution in [3.63, 3.8) is 0 Å². The van der Waals surface area contributed by atoms with Crippen LogP contribution in [-0.2, 0) is 14.3 Å². The van der Waals surface area contributed by atoms with Gasteiger partial charge in [0.25, 0.3) is 0 Å². The van der Waals surface area contributed by atoms with Crippen molar-refractivity contribution in [3.05, 3.63) is 59.7 Å². The molecule has 9 heteroatoms. The first-order valence-electron chi connectivity index (χ1n) is 9.04. The quantitative estimate of drug-likeness (QED) is 0.437. The molecule has 0 heterocycles. The van der Waals surface area contributed by atoms with Crippen molar-refractivity contribution < 1.29 is 41.7 Å². The molecule has 6 nitrogen and oxygen atoms in total. The first-order chi connectivity index (χ1) is 14.4. The van der Waals surface area contributed by atoms with E-state index in [2.05, 4.69) is 4.74 Å². The highest BCUT2D eigenvalue weighted by Gasteiger charge is 2.31. The average Bonchev–Trinajstić information content (AvgIpc) is 2.65. The summed E-state index contributed by atoms with van der Waals surface area (Å²) in [5, 5.41) is 0. The van der Waals surface area contributed by atoms with E-state index in [0.29, 0.717) is 5.56 Å².